The first-order valence-corrected chi connectivity index (χ1v) is 8.29. The molecule has 0 aromatic heterocycles. The van der Waals surface area contributed by atoms with E-state index in [-0.39, 0.29) is 24.0 Å². The fraction of sp³-hybridized carbons (Fsp3) is 0.588. The van der Waals surface area contributed by atoms with Crippen molar-refractivity contribution in [2.75, 3.05) is 26.7 Å². The van der Waals surface area contributed by atoms with E-state index in [1.807, 2.05) is 25.2 Å². The summed E-state index contributed by atoms with van der Waals surface area (Å²) in [6, 6.07) is 8.08. The molecule has 3 nitrogen and oxygen atoms in total. The molecule has 1 N–H and O–H groups in total. The summed E-state index contributed by atoms with van der Waals surface area (Å²) in [6.45, 7) is 3.23. The van der Waals surface area contributed by atoms with Gasteiger partial charge in [-0.25, -0.2) is 0 Å². The summed E-state index contributed by atoms with van der Waals surface area (Å²) in [5.74, 6) is 1.06. The van der Waals surface area contributed by atoms with Crippen molar-refractivity contribution in [1.82, 2.24) is 10.2 Å². The third kappa shape index (κ3) is 4.07. The third-order valence-corrected chi connectivity index (χ3v) is 5.18. The highest BCUT2D eigenvalue weighted by Gasteiger charge is 2.43. The molecule has 0 unspecified atom stereocenters. The Kier molecular flexibility index (Phi) is 6.38. The van der Waals surface area contributed by atoms with Crippen LogP contribution in [0.1, 0.15) is 31.2 Å². The molecule has 122 valence electrons. The highest BCUT2D eigenvalue weighted by atomic mass is 127. The van der Waals surface area contributed by atoms with Gasteiger partial charge in [-0.1, -0.05) is 30.2 Å². The van der Waals surface area contributed by atoms with Crippen LogP contribution in [0.4, 0.5) is 0 Å². The normalized spacial score (nSPS) is 19.7. The zero-order valence-electron chi connectivity index (χ0n) is 13.1. The van der Waals surface area contributed by atoms with Gasteiger partial charge >= 0.3 is 0 Å². The van der Waals surface area contributed by atoms with Gasteiger partial charge in [-0.2, -0.15) is 0 Å². The molecule has 1 aromatic carbocycles. The minimum absolute atomic E-state index is 0. The average molecular weight is 434 g/mol. The quantitative estimate of drug-likeness (QED) is 0.444. The van der Waals surface area contributed by atoms with E-state index in [1.165, 1.54) is 37.8 Å². The van der Waals surface area contributed by atoms with Gasteiger partial charge in [0.25, 0.3) is 0 Å². The first kappa shape index (κ1) is 17.9. The number of aliphatic imine (C=N–C) groups is 1. The van der Waals surface area contributed by atoms with E-state index in [2.05, 4.69) is 21.3 Å². The smallest absolute Gasteiger partial charge is 0.193 e. The maximum absolute atomic E-state index is 6.02. The topological polar surface area (TPSA) is 27.6 Å². The van der Waals surface area contributed by atoms with Gasteiger partial charge in [0.1, 0.15) is 0 Å². The van der Waals surface area contributed by atoms with Crippen LogP contribution in [-0.2, 0) is 6.42 Å². The van der Waals surface area contributed by atoms with E-state index in [0.29, 0.717) is 5.41 Å². The standard InChI is InChI=1S/C17H24ClN3.HI/c1-19-16(21-11-9-17(13-21)7-3-8-17)20-10-6-14-4-2-5-15(18)12-14;/h2,4-5,12H,3,6-11,13H2,1H3,(H,19,20);1H. The predicted molar refractivity (Wildman–Crippen MR) is 104 cm³/mol. The van der Waals surface area contributed by atoms with Crippen LogP contribution in [0.25, 0.3) is 0 Å². The van der Waals surface area contributed by atoms with Gasteiger partial charge in [0.15, 0.2) is 5.96 Å². The predicted octanol–water partition coefficient (Wildman–Crippen LogP) is 3.95. The zero-order valence-corrected chi connectivity index (χ0v) is 16.2. The molecular formula is C17H25ClIN3. The Morgan fingerprint density at radius 2 is 2.18 bits per heavy atom. The largest absolute Gasteiger partial charge is 0.356 e. The van der Waals surface area contributed by atoms with Gasteiger partial charge in [-0.05, 0) is 48.8 Å². The number of guanidine groups is 1. The van der Waals surface area contributed by atoms with E-state index in [0.717, 1.165) is 30.5 Å². The Labute approximate surface area is 155 Å². The minimum atomic E-state index is 0. The van der Waals surface area contributed by atoms with Crippen molar-refractivity contribution in [3.8, 4) is 0 Å². The summed E-state index contributed by atoms with van der Waals surface area (Å²) in [5.41, 5.74) is 1.88. The molecule has 0 amide bonds. The fourth-order valence-corrected chi connectivity index (χ4v) is 3.76. The van der Waals surface area contributed by atoms with Crippen molar-refractivity contribution < 1.29 is 0 Å². The number of hydrogen-bond acceptors (Lipinski definition) is 1. The van der Waals surface area contributed by atoms with Crippen molar-refractivity contribution in [3.05, 3.63) is 34.9 Å². The molecule has 1 saturated carbocycles. The fourth-order valence-electron chi connectivity index (χ4n) is 3.54. The number of nitrogens with one attached hydrogen (secondary N) is 1. The molecule has 1 saturated heterocycles. The summed E-state index contributed by atoms with van der Waals surface area (Å²) < 4.78 is 0. The molecular weight excluding hydrogens is 409 g/mol. The Morgan fingerprint density at radius 1 is 1.36 bits per heavy atom. The van der Waals surface area contributed by atoms with E-state index in [4.69, 9.17) is 11.6 Å². The lowest BCUT2D eigenvalue weighted by Gasteiger charge is -2.38. The molecule has 0 bridgehead atoms. The van der Waals surface area contributed by atoms with Crippen LogP contribution in [0, 0.1) is 5.41 Å². The van der Waals surface area contributed by atoms with E-state index in [9.17, 15) is 0 Å². The minimum Gasteiger partial charge on any atom is -0.356 e. The van der Waals surface area contributed by atoms with Crippen molar-refractivity contribution in [1.29, 1.82) is 0 Å². The van der Waals surface area contributed by atoms with Crippen molar-refractivity contribution in [3.63, 3.8) is 0 Å². The molecule has 0 atom stereocenters. The number of benzene rings is 1. The summed E-state index contributed by atoms with van der Waals surface area (Å²) in [4.78, 5) is 6.88. The molecule has 22 heavy (non-hydrogen) atoms. The summed E-state index contributed by atoms with van der Waals surface area (Å²) in [7, 11) is 1.88. The van der Waals surface area contributed by atoms with Gasteiger partial charge in [0.2, 0.25) is 0 Å². The molecule has 1 spiro atoms. The van der Waals surface area contributed by atoms with Crippen LogP contribution in [0.2, 0.25) is 5.02 Å². The lowest BCUT2D eigenvalue weighted by Crippen LogP contribution is -2.43. The van der Waals surface area contributed by atoms with Crippen molar-refractivity contribution in [2.45, 2.75) is 32.1 Å². The number of hydrogen-bond donors (Lipinski definition) is 1. The summed E-state index contributed by atoms with van der Waals surface area (Å²) in [5, 5.41) is 4.31. The molecule has 1 aliphatic heterocycles. The molecule has 1 heterocycles. The molecule has 1 aliphatic carbocycles. The lowest BCUT2D eigenvalue weighted by atomic mass is 9.68. The number of rotatable bonds is 3. The second kappa shape index (κ2) is 7.86. The van der Waals surface area contributed by atoms with E-state index < -0.39 is 0 Å². The molecule has 5 heteroatoms. The van der Waals surface area contributed by atoms with Crippen LogP contribution in [-0.4, -0.2) is 37.5 Å². The Bertz CT molecular complexity index is 528. The highest BCUT2D eigenvalue weighted by Crippen LogP contribution is 2.47. The van der Waals surface area contributed by atoms with Crippen LogP contribution in [0.5, 0.6) is 0 Å². The van der Waals surface area contributed by atoms with Crippen LogP contribution in [0.3, 0.4) is 0 Å². The first-order chi connectivity index (χ1) is 10.2. The summed E-state index contributed by atoms with van der Waals surface area (Å²) in [6.07, 6.45) is 6.53. The van der Waals surface area contributed by atoms with Crippen molar-refractivity contribution >= 4 is 41.5 Å². The van der Waals surface area contributed by atoms with Crippen molar-refractivity contribution in [2.24, 2.45) is 10.4 Å². The highest BCUT2D eigenvalue weighted by molar-refractivity contribution is 14.0. The Morgan fingerprint density at radius 3 is 2.77 bits per heavy atom. The SMILES string of the molecule is CN=C(NCCc1cccc(Cl)c1)N1CCC2(CCC2)C1.I. The van der Waals surface area contributed by atoms with Crippen LogP contribution < -0.4 is 5.32 Å². The maximum Gasteiger partial charge on any atom is 0.193 e. The third-order valence-electron chi connectivity index (χ3n) is 4.95. The second-order valence-electron chi connectivity index (χ2n) is 6.38. The molecule has 2 aliphatic rings. The van der Waals surface area contributed by atoms with Gasteiger partial charge in [0.05, 0.1) is 0 Å². The molecule has 0 radical (unpaired) electrons. The molecule has 1 aromatic rings. The lowest BCUT2D eigenvalue weighted by molar-refractivity contribution is 0.151. The van der Waals surface area contributed by atoms with Crippen LogP contribution >= 0.6 is 35.6 Å². The van der Waals surface area contributed by atoms with Gasteiger partial charge in [0, 0.05) is 31.7 Å². The van der Waals surface area contributed by atoms with Gasteiger partial charge in [-0.15, -0.1) is 24.0 Å². The van der Waals surface area contributed by atoms with Gasteiger partial charge in [-0.3, -0.25) is 4.99 Å². The van der Waals surface area contributed by atoms with Crippen LogP contribution in [0.15, 0.2) is 29.3 Å². The monoisotopic (exact) mass is 433 g/mol. The molecule has 3 rings (SSSR count). The number of nitrogens with zero attached hydrogens (tertiary/aromatic N) is 2. The number of halogens is 2. The second-order valence-corrected chi connectivity index (χ2v) is 6.82. The Balaban J connectivity index is 0.00000176. The average Bonchev–Trinajstić information content (AvgIpc) is 2.89. The number of likely N-dealkylation sites (tertiary alicyclic amines) is 1. The molecule has 2 fully saturated rings. The van der Waals surface area contributed by atoms with E-state index >= 15 is 0 Å². The first-order valence-electron chi connectivity index (χ1n) is 7.91. The van der Waals surface area contributed by atoms with Gasteiger partial charge < -0.3 is 10.2 Å². The van der Waals surface area contributed by atoms with E-state index in [1.54, 1.807) is 0 Å². The zero-order chi connectivity index (χ0) is 14.7. The summed E-state index contributed by atoms with van der Waals surface area (Å²) >= 11 is 6.02. The maximum atomic E-state index is 6.02. The Hall–Kier alpha value is -0.490.